The normalized spacial score (nSPS) is 11.0. The molecule has 2 aromatic rings. The lowest BCUT2D eigenvalue weighted by molar-refractivity contribution is -0.116. The number of hydrogen-bond acceptors (Lipinski definition) is 3. The molecular weight excluding hydrogens is 364 g/mol. The van der Waals surface area contributed by atoms with Crippen molar-refractivity contribution in [2.75, 3.05) is 13.7 Å². The molecule has 0 aliphatic heterocycles. The van der Waals surface area contributed by atoms with Crippen molar-refractivity contribution in [1.29, 1.82) is 0 Å². The first-order chi connectivity index (χ1) is 12.5. The van der Waals surface area contributed by atoms with Gasteiger partial charge < -0.3 is 14.8 Å². The summed E-state index contributed by atoms with van der Waals surface area (Å²) in [4.78, 5) is 11.8. The second-order valence-electron chi connectivity index (χ2n) is 5.29. The summed E-state index contributed by atoms with van der Waals surface area (Å²) < 4.78 is 34.0. The molecule has 7 heteroatoms. The maximum Gasteiger partial charge on any atom is 0.387 e. The first-order valence-corrected chi connectivity index (χ1v) is 8.19. The number of methoxy groups -OCH3 is 1. The van der Waals surface area contributed by atoms with Gasteiger partial charge in [0, 0.05) is 17.6 Å². The van der Waals surface area contributed by atoms with Gasteiger partial charge in [0.1, 0.15) is 0 Å². The van der Waals surface area contributed by atoms with Crippen molar-refractivity contribution in [3.8, 4) is 11.5 Å². The summed E-state index contributed by atoms with van der Waals surface area (Å²) in [6.07, 6.45) is 3.61. The van der Waals surface area contributed by atoms with Crippen molar-refractivity contribution in [2.45, 2.75) is 13.0 Å². The van der Waals surface area contributed by atoms with E-state index < -0.39 is 6.61 Å². The van der Waals surface area contributed by atoms with Crippen molar-refractivity contribution in [2.24, 2.45) is 0 Å². The summed E-state index contributed by atoms with van der Waals surface area (Å²) in [7, 11) is 1.37. The Bertz CT molecular complexity index is 781. The predicted octanol–water partition coefficient (Wildman–Crippen LogP) is 4.32. The molecule has 0 heterocycles. The monoisotopic (exact) mass is 381 g/mol. The molecule has 0 fully saturated rings. The van der Waals surface area contributed by atoms with E-state index in [0.717, 1.165) is 11.1 Å². The minimum absolute atomic E-state index is 0.0280. The van der Waals surface area contributed by atoms with Crippen LogP contribution in [0.3, 0.4) is 0 Å². The van der Waals surface area contributed by atoms with Crippen molar-refractivity contribution in [1.82, 2.24) is 5.32 Å². The van der Waals surface area contributed by atoms with Crippen LogP contribution in [0.4, 0.5) is 8.78 Å². The van der Waals surface area contributed by atoms with Gasteiger partial charge in [0.2, 0.25) is 5.91 Å². The Morgan fingerprint density at radius 2 is 2.04 bits per heavy atom. The quantitative estimate of drug-likeness (QED) is 0.693. The molecule has 138 valence electrons. The van der Waals surface area contributed by atoms with Crippen molar-refractivity contribution in [3.05, 3.63) is 64.7 Å². The summed E-state index contributed by atoms with van der Waals surface area (Å²) in [5, 5.41) is 3.35. The Kier molecular flexibility index (Phi) is 7.41. The summed E-state index contributed by atoms with van der Waals surface area (Å²) in [6, 6.07) is 11.8. The number of halogens is 3. The SMILES string of the molecule is COc1cc(CCNC(=O)/C=C/c2cccc(Cl)c2)ccc1OC(F)F. The van der Waals surface area contributed by atoms with Crippen LogP contribution < -0.4 is 14.8 Å². The highest BCUT2D eigenvalue weighted by Gasteiger charge is 2.11. The molecule has 0 radical (unpaired) electrons. The number of nitrogens with one attached hydrogen (secondary N) is 1. The maximum absolute atomic E-state index is 12.3. The fraction of sp³-hybridized carbons (Fsp3) is 0.211. The van der Waals surface area contributed by atoms with Crippen molar-refractivity contribution >= 4 is 23.6 Å². The maximum atomic E-state index is 12.3. The smallest absolute Gasteiger partial charge is 0.387 e. The van der Waals surface area contributed by atoms with Crippen LogP contribution in [0.5, 0.6) is 11.5 Å². The number of amides is 1. The largest absolute Gasteiger partial charge is 0.493 e. The average molecular weight is 382 g/mol. The third-order valence-electron chi connectivity index (χ3n) is 3.43. The fourth-order valence-corrected chi connectivity index (χ4v) is 2.43. The molecule has 0 saturated carbocycles. The fourth-order valence-electron chi connectivity index (χ4n) is 2.23. The van der Waals surface area contributed by atoms with Crippen LogP contribution in [0.25, 0.3) is 6.08 Å². The Labute approximate surface area is 155 Å². The molecule has 1 amide bonds. The van der Waals surface area contributed by atoms with Crippen LogP contribution in [0.15, 0.2) is 48.5 Å². The second-order valence-corrected chi connectivity index (χ2v) is 5.73. The van der Waals surface area contributed by atoms with Gasteiger partial charge >= 0.3 is 6.61 Å². The highest BCUT2D eigenvalue weighted by Crippen LogP contribution is 2.29. The van der Waals surface area contributed by atoms with Gasteiger partial charge in [-0.3, -0.25) is 4.79 Å². The molecule has 0 aliphatic rings. The zero-order chi connectivity index (χ0) is 18.9. The van der Waals surface area contributed by atoms with E-state index in [1.807, 2.05) is 6.07 Å². The molecule has 0 saturated heterocycles. The number of hydrogen-bond donors (Lipinski definition) is 1. The highest BCUT2D eigenvalue weighted by molar-refractivity contribution is 6.30. The van der Waals surface area contributed by atoms with E-state index >= 15 is 0 Å². The van der Waals surface area contributed by atoms with Crippen molar-refractivity contribution < 1.29 is 23.0 Å². The molecule has 2 aromatic carbocycles. The molecule has 2 rings (SSSR count). The molecule has 0 unspecified atom stereocenters. The van der Waals surface area contributed by atoms with Crippen LogP contribution in [-0.2, 0) is 11.2 Å². The Morgan fingerprint density at radius 3 is 2.73 bits per heavy atom. The van der Waals surface area contributed by atoms with Gasteiger partial charge in [0.05, 0.1) is 7.11 Å². The topological polar surface area (TPSA) is 47.6 Å². The van der Waals surface area contributed by atoms with Crippen LogP contribution in [0, 0.1) is 0 Å². The van der Waals surface area contributed by atoms with Crippen LogP contribution in [0.2, 0.25) is 5.02 Å². The van der Waals surface area contributed by atoms with Gasteiger partial charge in [0.25, 0.3) is 0 Å². The van der Waals surface area contributed by atoms with Gasteiger partial charge in [-0.2, -0.15) is 8.78 Å². The van der Waals surface area contributed by atoms with E-state index in [0.29, 0.717) is 18.0 Å². The number of carbonyl (C=O) groups is 1. The molecule has 0 aromatic heterocycles. The van der Waals surface area contributed by atoms with Gasteiger partial charge in [-0.15, -0.1) is 0 Å². The number of benzene rings is 2. The molecule has 1 N–H and O–H groups in total. The Hall–Kier alpha value is -2.60. The summed E-state index contributed by atoms with van der Waals surface area (Å²) in [5.74, 6) is -0.0516. The standard InChI is InChI=1S/C19H18ClF2NO3/c1-25-17-12-14(5-7-16(17)26-19(21)22)9-10-23-18(24)8-6-13-3-2-4-15(20)11-13/h2-8,11-12,19H,9-10H2,1H3,(H,23,24)/b8-6+. The number of carbonyl (C=O) groups excluding carboxylic acids is 1. The first-order valence-electron chi connectivity index (χ1n) is 7.81. The van der Waals surface area contributed by atoms with E-state index in [1.54, 1.807) is 36.4 Å². The zero-order valence-electron chi connectivity index (χ0n) is 14.0. The van der Waals surface area contributed by atoms with E-state index in [-0.39, 0.29) is 17.4 Å². The van der Waals surface area contributed by atoms with Gasteiger partial charge in [-0.05, 0) is 47.9 Å². The van der Waals surface area contributed by atoms with E-state index in [9.17, 15) is 13.6 Å². The third kappa shape index (κ3) is 6.37. The number of rotatable bonds is 8. The van der Waals surface area contributed by atoms with E-state index in [2.05, 4.69) is 10.1 Å². The van der Waals surface area contributed by atoms with E-state index in [4.69, 9.17) is 16.3 Å². The molecule has 0 aliphatic carbocycles. The molecule has 26 heavy (non-hydrogen) atoms. The lowest BCUT2D eigenvalue weighted by atomic mass is 10.1. The predicted molar refractivity (Wildman–Crippen MR) is 96.8 cm³/mol. The Morgan fingerprint density at radius 1 is 1.23 bits per heavy atom. The van der Waals surface area contributed by atoms with Gasteiger partial charge in [-0.25, -0.2) is 0 Å². The lowest BCUT2D eigenvalue weighted by Gasteiger charge is -2.11. The minimum Gasteiger partial charge on any atom is -0.493 e. The van der Waals surface area contributed by atoms with Crippen LogP contribution in [-0.4, -0.2) is 26.2 Å². The summed E-state index contributed by atoms with van der Waals surface area (Å²) >= 11 is 5.88. The summed E-state index contributed by atoms with van der Waals surface area (Å²) in [6.45, 7) is -2.53. The zero-order valence-corrected chi connectivity index (χ0v) is 14.8. The molecule has 0 bridgehead atoms. The van der Waals surface area contributed by atoms with Gasteiger partial charge in [-0.1, -0.05) is 29.8 Å². The average Bonchev–Trinajstić information content (AvgIpc) is 2.61. The number of alkyl halides is 2. The van der Waals surface area contributed by atoms with E-state index in [1.165, 1.54) is 19.3 Å². The molecule has 4 nitrogen and oxygen atoms in total. The molecule has 0 spiro atoms. The van der Waals surface area contributed by atoms with Crippen LogP contribution >= 0.6 is 11.6 Å². The number of ether oxygens (including phenoxy) is 2. The van der Waals surface area contributed by atoms with Gasteiger partial charge in [0.15, 0.2) is 11.5 Å². The third-order valence-corrected chi connectivity index (χ3v) is 3.67. The van der Waals surface area contributed by atoms with Crippen LogP contribution in [0.1, 0.15) is 11.1 Å². The lowest BCUT2D eigenvalue weighted by Crippen LogP contribution is -2.23. The highest BCUT2D eigenvalue weighted by atomic mass is 35.5. The van der Waals surface area contributed by atoms with Crippen molar-refractivity contribution in [3.63, 3.8) is 0 Å². The second kappa shape index (κ2) is 9.77. The minimum atomic E-state index is -2.92. The molecule has 0 atom stereocenters. The summed E-state index contributed by atoms with van der Waals surface area (Å²) in [5.41, 5.74) is 1.65. The molecular formula is C19H18ClF2NO3. The Balaban J connectivity index is 1.86. The first kappa shape index (κ1) is 19.7.